The van der Waals surface area contributed by atoms with Gasteiger partial charge in [0.2, 0.25) is 5.91 Å². The summed E-state index contributed by atoms with van der Waals surface area (Å²) >= 11 is 0. The molecule has 1 aliphatic heterocycles. The van der Waals surface area contributed by atoms with Gasteiger partial charge >= 0.3 is 0 Å². The summed E-state index contributed by atoms with van der Waals surface area (Å²) in [7, 11) is 0. The maximum Gasteiger partial charge on any atom is 0.234 e. The molecule has 2 rings (SSSR count). The Morgan fingerprint density at radius 1 is 1.53 bits per heavy atom. The van der Waals surface area contributed by atoms with Gasteiger partial charge in [0.05, 0.1) is 18.8 Å². The van der Waals surface area contributed by atoms with Crippen LogP contribution >= 0.6 is 0 Å². The van der Waals surface area contributed by atoms with E-state index < -0.39 is 0 Å². The molecule has 1 atom stereocenters. The largest absolute Gasteiger partial charge is 0.468 e. The van der Waals surface area contributed by atoms with Crippen molar-refractivity contribution in [1.29, 1.82) is 0 Å². The minimum absolute atomic E-state index is 0.0540. The quantitative estimate of drug-likeness (QED) is 0.829. The lowest BCUT2D eigenvalue weighted by molar-refractivity contribution is -0.122. The van der Waals surface area contributed by atoms with E-state index in [1.807, 2.05) is 12.1 Å². The molecule has 1 fully saturated rings. The predicted octanol–water partition coefficient (Wildman–Crippen LogP) is 2.50. The zero-order valence-electron chi connectivity index (χ0n) is 11.3. The molecular formula is C15H22N2O2. The van der Waals surface area contributed by atoms with Crippen LogP contribution in [0.4, 0.5) is 0 Å². The number of hydrogen-bond donors (Lipinski definition) is 1. The Kier molecular flexibility index (Phi) is 5.21. The number of rotatable bonds is 5. The number of likely N-dealkylation sites (tertiary alicyclic amines) is 1. The molecular weight excluding hydrogens is 240 g/mol. The fourth-order valence-electron chi connectivity index (χ4n) is 2.59. The van der Waals surface area contributed by atoms with Crippen molar-refractivity contribution < 1.29 is 9.21 Å². The van der Waals surface area contributed by atoms with E-state index in [0.717, 1.165) is 25.1 Å². The summed E-state index contributed by atoms with van der Waals surface area (Å²) in [4.78, 5) is 14.1. The van der Waals surface area contributed by atoms with Gasteiger partial charge < -0.3 is 9.73 Å². The second kappa shape index (κ2) is 7.14. The third-order valence-electron chi connectivity index (χ3n) is 3.53. The first-order valence-corrected chi connectivity index (χ1v) is 6.96. The van der Waals surface area contributed by atoms with E-state index in [0.29, 0.717) is 13.1 Å². The number of carbonyl (C=O) groups excluding carboxylic acids is 1. The zero-order chi connectivity index (χ0) is 13.5. The van der Waals surface area contributed by atoms with Gasteiger partial charge in [0.25, 0.3) is 0 Å². The maximum absolute atomic E-state index is 11.9. The van der Waals surface area contributed by atoms with Gasteiger partial charge in [-0.2, -0.15) is 0 Å². The highest BCUT2D eigenvalue weighted by atomic mass is 16.3. The van der Waals surface area contributed by atoms with Crippen molar-refractivity contribution in [3.8, 4) is 0 Å². The smallest absolute Gasteiger partial charge is 0.234 e. The van der Waals surface area contributed by atoms with Crippen LogP contribution in [0.5, 0.6) is 0 Å². The van der Waals surface area contributed by atoms with Crippen molar-refractivity contribution in [2.24, 2.45) is 0 Å². The van der Waals surface area contributed by atoms with Gasteiger partial charge in [0.1, 0.15) is 5.76 Å². The Morgan fingerprint density at radius 3 is 3.16 bits per heavy atom. The van der Waals surface area contributed by atoms with Crippen molar-refractivity contribution >= 4 is 5.91 Å². The van der Waals surface area contributed by atoms with Gasteiger partial charge in [-0.15, -0.1) is 6.58 Å². The molecule has 0 radical (unpaired) electrons. The van der Waals surface area contributed by atoms with Crippen LogP contribution in [0.15, 0.2) is 35.5 Å². The molecule has 19 heavy (non-hydrogen) atoms. The number of nitrogens with one attached hydrogen (secondary N) is 1. The van der Waals surface area contributed by atoms with Crippen molar-refractivity contribution in [1.82, 2.24) is 10.2 Å². The SMILES string of the molecule is C=CCNC(=O)CN1CCCCCC1c1ccco1. The number of hydrogen-bond acceptors (Lipinski definition) is 3. The summed E-state index contributed by atoms with van der Waals surface area (Å²) in [6, 6.07) is 4.15. The first-order valence-electron chi connectivity index (χ1n) is 6.96. The maximum atomic E-state index is 11.9. The van der Waals surface area contributed by atoms with Crippen LogP contribution in [-0.4, -0.2) is 30.4 Å². The van der Waals surface area contributed by atoms with Gasteiger partial charge in [-0.1, -0.05) is 18.9 Å². The summed E-state index contributed by atoms with van der Waals surface area (Å²) < 4.78 is 5.53. The summed E-state index contributed by atoms with van der Waals surface area (Å²) in [5.41, 5.74) is 0. The van der Waals surface area contributed by atoms with E-state index in [1.165, 1.54) is 12.8 Å². The van der Waals surface area contributed by atoms with Gasteiger partial charge in [0, 0.05) is 6.54 Å². The van der Waals surface area contributed by atoms with Crippen LogP contribution in [0.3, 0.4) is 0 Å². The average Bonchev–Trinajstić information content (AvgIpc) is 2.84. The second-order valence-electron chi connectivity index (χ2n) is 4.94. The topological polar surface area (TPSA) is 45.5 Å². The van der Waals surface area contributed by atoms with Crippen LogP contribution in [0.1, 0.15) is 37.5 Å². The number of furan rings is 1. The molecule has 1 aromatic heterocycles. The van der Waals surface area contributed by atoms with E-state index in [4.69, 9.17) is 4.42 Å². The highest BCUT2D eigenvalue weighted by Crippen LogP contribution is 2.29. The molecule has 1 N–H and O–H groups in total. The predicted molar refractivity (Wildman–Crippen MR) is 74.7 cm³/mol. The Hall–Kier alpha value is -1.55. The van der Waals surface area contributed by atoms with E-state index in [9.17, 15) is 4.79 Å². The van der Waals surface area contributed by atoms with E-state index in [1.54, 1.807) is 12.3 Å². The third-order valence-corrected chi connectivity index (χ3v) is 3.53. The Bertz CT molecular complexity index is 400. The summed E-state index contributed by atoms with van der Waals surface area (Å²) in [6.07, 6.45) is 8.02. The van der Waals surface area contributed by atoms with E-state index >= 15 is 0 Å². The molecule has 1 unspecified atom stereocenters. The lowest BCUT2D eigenvalue weighted by Crippen LogP contribution is -2.39. The lowest BCUT2D eigenvalue weighted by atomic mass is 10.1. The van der Waals surface area contributed by atoms with Gasteiger partial charge in [0.15, 0.2) is 0 Å². The Balaban J connectivity index is 2.01. The van der Waals surface area contributed by atoms with E-state index in [-0.39, 0.29) is 11.9 Å². The molecule has 1 aliphatic rings. The lowest BCUT2D eigenvalue weighted by Gasteiger charge is -2.27. The van der Waals surface area contributed by atoms with Crippen LogP contribution in [0, 0.1) is 0 Å². The van der Waals surface area contributed by atoms with Crippen LogP contribution in [0.25, 0.3) is 0 Å². The van der Waals surface area contributed by atoms with Crippen molar-refractivity contribution in [2.45, 2.75) is 31.7 Å². The fraction of sp³-hybridized carbons (Fsp3) is 0.533. The number of carbonyl (C=O) groups is 1. The molecule has 0 aromatic carbocycles. The second-order valence-corrected chi connectivity index (χ2v) is 4.94. The van der Waals surface area contributed by atoms with Crippen molar-refractivity contribution in [3.05, 3.63) is 36.8 Å². The molecule has 1 amide bonds. The van der Waals surface area contributed by atoms with E-state index in [2.05, 4.69) is 16.8 Å². The molecule has 0 bridgehead atoms. The van der Waals surface area contributed by atoms with Crippen LogP contribution < -0.4 is 5.32 Å². The fourth-order valence-corrected chi connectivity index (χ4v) is 2.59. The molecule has 4 heteroatoms. The third kappa shape index (κ3) is 3.96. The summed E-state index contributed by atoms with van der Waals surface area (Å²) in [5, 5.41) is 2.84. The van der Waals surface area contributed by atoms with Gasteiger partial charge in [-0.3, -0.25) is 9.69 Å². The minimum Gasteiger partial charge on any atom is -0.468 e. The van der Waals surface area contributed by atoms with Gasteiger partial charge in [-0.05, 0) is 31.5 Å². The van der Waals surface area contributed by atoms with Crippen molar-refractivity contribution in [3.63, 3.8) is 0 Å². The standard InChI is InChI=1S/C15H22N2O2/c1-2-9-16-15(18)12-17-10-5-3-4-7-13(17)14-8-6-11-19-14/h2,6,8,11,13H,1,3-5,7,9-10,12H2,(H,16,18). The Labute approximate surface area is 114 Å². The minimum atomic E-state index is 0.0540. The molecule has 0 saturated carbocycles. The van der Waals surface area contributed by atoms with Crippen molar-refractivity contribution in [2.75, 3.05) is 19.6 Å². The highest BCUT2D eigenvalue weighted by Gasteiger charge is 2.26. The van der Waals surface area contributed by atoms with Gasteiger partial charge in [-0.25, -0.2) is 0 Å². The first-order chi connectivity index (χ1) is 9.31. The first kappa shape index (κ1) is 13.9. The molecule has 1 aromatic rings. The molecule has 104 valence electrons. The molecule has 0 spiro atoms. The Morgan fingerprint density at radius 2 is 2.42 bits per heavy atom. The van der Waals surface area contributed by atoms with Crippen LogP contribution in [-0.2, 0) is 4.79 Å². The molecule has 2 heterocycles. The monoisotopic (exact) mass is 262 g/mol. The molecule has 1 saturated heterocycles. The molecule has 0 aliphatic carbocycles. The molecule has 4 nitrogen and oxygen atoms in total. The number of amides is 1. The summed E-state index contributed by atoms with van der Waals surface area (Å²) in [6.45, 7) is 5.51. The normalized spacial score (nSPS) is 20.7. The zero-order valence-corrected chi connectivity index (χ0v) is 11.3. The average molecular weight is 262 g/mol. The number of nitrogens with zero attached hydrogens (tertiary/aromatic N) is 1. The van der Waals surface area contributed by atoms with Crippen LogP contribution in [0.2, 0.25) is 0 Å². The highest BCUT2D eigenvalue weighted by molar-refractivity contribution is 5.78. The summed E-state index contributed by atoms with van der Waals surface area (Å²) in [5.74, 6) is 1.02.